The molecule has 4 nitrogen and oxygen atoms in total. The van der Waals surface area contributed by atoms with Crippen LogP contribution in [0.5, 0.6) is 11.5 Å². The summed E-state index contributed by atoms with van der Waals surface area (Å²) in [6.45, 7) is 4.29. The second-order valence-corrected chi connectivity index (χ2v) is 8.88. The molecule has 0 spiro atoms. The Bertz CT molecular complexity index is 822. The van der Waals surface area contributed by atoms with Crippen molar-refractivity contribution in [3.63, 3.8) is 0 Å². The van der Waals surface area contributed by atoms with Crippen molar-refractivity contribution in [1.82, 2.24) is 0 Å². The molecular weight excluding hydrogens is 362 g/mol. The van der Waals surface area contributed by atoms with Crippen LogP contribution in [0.15, 0.2) is 42.5 Å². The first-order valence-corrected chi connectivity index (χ1v) is 11.0. The fourth-order valence-corrected chi connectivity index (χ4v) is 5.17. The van der Waals surface area contributed by atoms with E-state index in [0.717, 1.165) is 49.8 Å². The van der Waals surface area contributed by atoms with Crippen LogP contribution in [0.3, 0.4) is 0 Å². The van der Waals surface area contributed by atoms with Gasteiger partial charge in [-0.05, 0) is 69.8 Å². The van der Waals surface area contributed by atoms with Gasteiger partial charge in [-0.25, -0.2) is 0 Å². The molecule has 1 heterocycles. The van der Waals surface area contributed by atoms with E-state index < -0.39 is 0 Å². The SMILES string of the molecule is CC(CCCc1ccccc1)Oc1cc(O)c2c(c1)NC(C)[C@@H]1CCC(O)CC21. The molecule has 2 aromatic carbocycles. The summed E-state index contributed by atoms with van der Waals surface area (Å²) in [6, 6.07) is 14.6. The molecule has 4 unspecified atom stereocenters. The van der Waals surface area contributed by atoms with Crippen LogP contribution in [-0.2, 0) is 6.42 Å². The van der Waals surface area contributed by atoms with E-state index in [1.807, 2.05) is 12.1 Å². The van der Waals surface area contributed by atoms with Crippen LogP contribution in [0.1, 0.15) is 63.0 Å². The van der Waals surface area contributed by atoms with Crippen molar-refractivity contribution in [3.8, 4) is 11.5 Å². The molecular formula is C25H33NO3. The highest BCUT2D eigenvalue weighted by molar-refractivity contribution is 5.65. The van der Waals surface area contributed by atoms with Crippen molar-refractivity contribution in [1.29, 1.82) is 0 Å². The summed E-state index contributed by atoms with van der Waals surface area (Å²) < 4.78 is 6.14. The molecule has 5 atom stereocenters. The summed E-state index contributed by atoms with van der Waals surface area (Å²) >= 11 is 0. The summed E-state index contributed by atoms with van der Waals surface area (Å²) in [5.74, 6) is 1.67. The van der Waals surface area contributed by atoms with Gasteiger partial charge in [0.05, 0.1) is 12.2 Å². The molecule has 0 aromatic heterocycles. The Morgan fingerprint density at radius 3 is 2.76 bits per heavy atom. The maximum absolute atomic E-state index is 10.8. The molecule has 2 aromatic rings. The molecule has 0 saturated heterocycles. The molecule has 1 fully saturated rings. The first kappa shape index (κ1) is 20.1. The van der Waals surface area contributed by atoms with Crippen LogP contribution in [0.4, 0.5) is 5.69 Å². The first-order valence-electron chi connectivity index (χ1n) is 11.0. The molecule has 1 aliphatic carbocycles. The minimum absolute atomic E-state index is 0.0847. The average molecular weight is 396 g/mol. The fourth-order valence-electron chi connectivity index (χ4n) is 5.17. The molecule has 0 radical (unpaired) electrons. The minimum Gasteiger partial charge on any atom is -0.507 e. The van der Waals surface area contributed by atoms with E-state index in [2.05, 4.69) is 43.4 Å². The molecule has 156 valence electrons. The number of phenols is 1. The normalized spacial score (nSPS) is 26.7. The number of rotatable bonds is 6. The van der Waals surface area contributed by atoms with Gasteiger partial charge in [0.2, 0.25) is 0 Å². The van der Waals surface area contributed by atoms with Gasteiger partial charge < -0.3 is 20.3 Å². The van der Waals surface area contributed by atoms with Crippen molar-refractivity contribution < 1.29 is 14.9 Å². The second-order valence-electron chi connectivity index (χ2n) is 8.88. The van der Waals surface area contributed by atoms with Crippen LogP contribution in [0.25, 0.3) is 0 Å². The van der Waals surface area contributed by atoms with Gasteiger partial charge in [0.1, 0.15) is 11.5 Å². The molecule has 3 N–H and O–H groups in total. The Hall–Kier alpha value is -2.20. The first-order chi connectivity index (χ1) is 14.0. The van der Waals surface area contributed by atoms with E-state index >= 15 is 0 Å². The molecule has 2 aliphatic rings. The van der Waals surface area contributed by atoms with Crippen LogP contribution in [0.2, 0.25) is 0 Å². The number of phenolic OH excluding ortho intramolecular Hbond substituents is 1. The number of nitrogens with one attached hydrogen (secondary N) is 1. The zero-order valence-electron chi connectivity index (χ0n) is 17.5. The van der Waals surface area contributed by atoms with Crippen molar-refractivity contribution in [2.45, 2.75) is 76.5 Å². The van der Waals surface area contributed by atoms with Crippen LogP contribution < -0.4 is 10.1 Å². The summed E-state index contributed by atoms with van der Waals surface area (Å²) in [5.41, 5.74) is 3.27. The lowest BCUT2D eigenvalue weighted by atomic mass is 9.68. The Balaban J connectivity index is 1.42. The standard InChI is InChI=1S/C25H33NO3/c1-16(7-6-10-18-8-4-3-5-9-18)29-20-14-23-25(24(28)15-20)22-13-19(27)11-12-21(22)17(2)26-23/h3-5,8-9,14-17,19,21-22,26-28H,6-7,10-13H2,1-2H3/t16?,17?,19?,21-,22?/m0/s1. The number of aliphatic hydroxyl groups is 1. The highest BCUT2D eigenvalue weighted by atomic mass is 16.5. The van der Waals surface area contributed by atoms with Gasteiger partial charge in [0, 0.05) is 29.4 Å². The highest BCUT2D eigenvalue weighted by Gasteiger charge is 2.40. The van der Waals surface area contributed by atoms with Gasteiger partial charge in [0.15, 0.2) is 0 Å². The predicted molar refractivity (Wildman–Crippen MR) is 117 cm³/mol. The Morgan fingerprint density at radius 2 is 1.97 bits per heavy atom. The molecule has 1 saturated carbocycles. The Labute approximate surface area is 173 Å². The number of hydrogen-bond donors (Lipinski definition) is 3. The number of hydrogen-bond acceptors (Lipinski definition) is 4. The van der Waals surface area contributed by atoms with Crippen molar-refractivity contribution in [3.05, 3.63) is 53.6 Å². The van der Waals surface area contributed by atoms with Crippen molar-refractivity contribution in [2.75, 3.05) is 5.32 Å². The van der Waals surface area contributed by atoms with Crippen LogP contribution >= 0.6 is 0 Å². The number of aryl methyl sites for hydroxylation is 1. The molecule has 29 heavy (non-hydrogen) atoms. The van der Waals surface area contributed by atoms with Gasteiger partial charge in [-0.2, -0.15) is 0 Å². The highest BCUT2D eigenvalue weighted by Crippen LogP contribution is 2.50. The third kappa shape index (κ3) is 4.53. The van der Waals surface area contributed by atoms with Gasteiger partial charge in [0.25, 0.3) is 0 Å². The van der Waals surface area contributed by atoms with Gasteiger partial charge in [-0.1, -0.05) is 30.3 Å². The van der Waals surface area contributed by atoms with E-state index in [4.69, 9.17) is 4.74 Å². The number of ether oxygens (including phenoxy) is 1. The Morgan fingerprint density at radius 1 is 1.17 bits per heavy atom. The maximum Gasteiger partial charge on any atom is 0.125 e. The fraction of sp³-hybridized carbons (Fsp3) is 0.520. The zero-order valence-corrected chi connectivity index (χ0v) is 17.5. The van der Waals surface area contributed by atoms with Crippen LogP contribution in [-0.4, -0.2) is 28.5 Å². The monoisotopic (exact) mass is 395 g/mol. The van der Waals surface area contributed by atoms with Crippen molar-refractivity contribution in [2.24, 2.45) is 5.92 Å². The summed E-state index contributed by atoms with van der Waals surface area (Å²) in [5, 5.41) is 24.5. The molecule has 0 bridgehead atoms. The molecule has 1 aliphatic heterocycles. The number of fused-ring (bicyclic) bond motifs is 3. The maximum atomic E-state index is 10.8. The summed E-state index contributed by atoms with van der Waals surface area (Å²) in [6.07, 6.45) is 5.48. The van der Waals surface area contributed by atoms with E-state index in [0.29, 0.717) is 17.7 Å². The lowest BCUT2D eigenvalue weighted by molar-refractivity contribution is 0.0866. The molecule has 0 amide bonds. The lowest BCUT2D eigenvalue weighted by Crippen LogP contribution is -2.40. The number of aliphatic hydroxyl groups excluding tert-OH is 1. The van der Waals surface area contributed by atoms with E-state index in [1.165, 1.54) is 5.56 Å². The quantitative estimate of drug-likeness (QED) is 0.626. The minimum atomic E-state index is -0.269. The zero-order chi connectivity index (χ0) is 20.4. The number of benzene rings is 2. The predicted octanol–water partition coefficient (Wildman–Crippen LogP) is 5.24. The number of anilines is 1. The third-order valence-electron chi connectivity index (χ3n) is 6.66. The molecule has 4 rings (SSSR count). The summed E-state index contributed by atoms with van der Waals surface area (Å²) in [7, 11) is 0. The van der Waals surface area contributed by atoms with Crippen LogP contribution in [0, 0.1) is 5.92 Å². The number of aromatic hydroxyl groups is 1. The van der Waals surface area contributed by atoms with E-state index in [9.17, 15) is 10.2 Å². The van der Waals surface area contributed by atoms with E-state index in [1.54, 1.807) is 6.07 Å². The third-order valence-corrected chi connectivity index (χ3v) is 6.66. The summed E-state index contributed by atoms with van der Waals surface area (Å²) in [4.78, 5) is 0. The second kappa shape index (κ2) is 8.66. The Kier molecular flexibility index (Phi) is 6.00. The van der Waals surface area contributed by atoms with Gasteiger partial charge >= 0.3 is 0 Å². The van der Waals surface area contributed by atoms with E-state index in [-0.39, 0.29) is 23.9 Å². The lowest BCUT2D eigenvalue weighted by Gasteiger charge is -2.43. The molecule has 4 heteroatoms. The van der Waals surface area contributed by atoms with Gasteiger partial charge in [-0.3, -0.25) is 0 Å². The van der Waals surface area contributed by atoms with Gasteiger partial charge in [-0.15, -0.1) is 0 Å². The topological polar surface area (TPSA) is 61.7 Å². The largest absolute Gasteiger partial charge is 0.507 e. The van der Waals surface area contributed by atoms with Crippen molar-refractivity contribution >= 4 is 5.69 Å². The average Bonchev–Trinajstić information content (AvgIpc) is 2.68. The smallest absolute Gasteiger partial charge is 0.125 e.